The van der Waals surface area contributed by atoms with Crippen molar-refractivity contribution in [3.05, 3.63) is 41.6 Å². The van der Waals surface area contributed by atoms with Crippen molar-refractivity contribution in [1.82, 2.24) is 9.97 Å². The van der Waals surface area contributed by atoms with E-state index in [0.717, 1.165) is 5.56 Å². The molecule has 0 bridgehead atoms. The summed E-state index contributed by atoms with van der Waals surface area (Å²) in [5, 5.41) is 0.471. The maximum Gasteiger partial charge on any atom is 0.340 e. The Balaban J connectivity index is 2.30. The van der Waals surface area contributed by atoms with Crippen LogP contribution in [0.2, 0.25) is 0 Å². The fourth-order valence-electron chi connectivity index (χ4n) is 1.93. The first-order valence-electron chi connectivity index (χ1n) is 7.06. The zero-order chi connectivity index (χ0) is 17.3. The zero-order valence-corrected chi connectivity index (χ0v) is 15.5. The van der Waals surface area contributed by atoms with Crippen molar-refractivity contribution in [2.24, 2.45) is 0 Å². The number of benzene rings is 1. The van der Waals surface area contributed by atoms with Gasteiger partial charge in [-0.3, -0.25) is 0 Å². The molecule has 1 heterocycles. The second kappa shape index (κ2) is 6.49. The van der Waals surface area contributed by atoms with E-state index in [-0.39, 0.29) is 16.2 Å². The Labute approximate surface area is 141 Å². The third-order valence-corrected chi connectivity index (χ3v) is 4.98. The van der Waals surface area contributed by atoms with E-state index in [0.29, 0.717) is 10.9 Å². The third-order valence-electron chi connectivity index (χ3n) is 3.20. The normalized spacial score (nSPS) is 12.2. The maximum absolute atomic E-state index is 12.4. The number of aryl methyl sites for hydroxylation is 1. The summed E-state index contributed by atoms with van der Waals surface area (Å²) in [5.41, 5.74) is 1.66. The van der Waals surface area contributed by atoms with E-state index < -0.39 is 10.1 Å². The van der Waals surface area contributed by atoms with Crippen molar-refractivity contribution >= 4 is 21.9 Å². The molecule has 0 spiro atoms. The van der Waals surface area contributed by atoms with Gasteiger partial charge in [-0.15, -0.1) is 0 Å². The molecule has 1 aromatic carbocycles. The largest absolute Gasteiger partial charge is 0.358 e. The van der Waals surface area contributed by atoms with E-state index in [4.69, 9.17) is 4.18 Å². The van der Waals surface area contributed by atoms with Crippen LogP contribution in [0.25, 0.3) is 0 Å². The van der Waals surface area contributed by atoms with Crippen LogP contribution in [-0.2, 0) is 15.5 Å². The van der Waals surface area contributed by atoms with Gasteiger partial charge in [-0.1, -0.05) is 44.7 Å². The van der Waals surface area contributed by atoms with Gasteiger partial charge in [0.1, 0.15) is 4.90 Å². The molecular formula is C16H20N2O3S2. The molecule has 0 amide bonds. The average molecular weight is 352 g/mol. The number of nitrogens with zero attached hydrogens (tertiary/aromatic N) is 2. The molecule has 0 unspecified atom stereocenters. The summed E-state index contributed by atoms with van der Waals surface area (Å²) >= 11 is 1.33. The standard InChI is InChI=1S/C16H20N2O3S2/c1-11-10-14(18-15(17-11)22-5)21-23(19,20)13-8-6-12(7-9-13)16(2,3)4/h6-10H,1-5H3. The minimum atomic E-state index is -3.92. The van der Waals surface area contributed by atoms with Crippen LogP contribution in [0.15, 0.2) is 40.4 Å². The fraction of sp³-hybridized carbons (Fsp3) is 0.375. The summed E-state index contributed by atoms with van der Waals surface area (Å²) in [6, 6.07) is 8.21. The Morgan fingerprint density at radius 3 is 2.22 bits per heavy atom. The summed E-state index contributed by atoms with van der Waals surface area (Å²) in [6.07, 6.45) is 1.82. The first-order valence-corrected chi connectivity index (χ1v) is 9.70. The first-order chi connectivity index (χ1) is 10.6. The Morgan fingerprint density at radius 2 is 1.70 bits per heavy atom. The van der Waals surface area contributed by atoms with Crippen LogP contribution in [0.3, 0.4) is 0 Å². The van der Waals surface area contributed by atoms with E-state index in [9.17, 15) is 8.42 Å². The number of hydrogen-bond donors (Lipinski definition) is 0. The highest BCUT2D eigenvalue weighted by molar-refractivity contribution is 7.98. The molecule has 1 aromatic heterocycles. The van der Waals surface area contributed by atoms with Gasteiger partial charge in [0.15, 0.2) is 5.16 Å². The van der Waals surface area contributed by atoms with E-state index >= 15 is 0 Å². The van der Waals surface area contributed by atoms with Crippen LogP contribution >= 0.6 is 11.8 Å². The average Bonchev–Trinajstić information content (AvgIpc) is 2.45. The highest BCUT2D eigenvalue weighted by Gasteiger charge is 2.20. The van der Waals surface area contributed by atoms with Gasteiger partial charge in [-0.25, -0.2) is 4.98 Å². The maximum atomic E-state index is 12.4. The number of aromatic nitrogens is 2. The van der Waals surface area contributed by atoms with Crippen molar-refractivity contribution in [2.75, 3.05) is 6.26 Å². The lowest BCUT2D eigenvalue weighted by Gasteiger charge is -2.19. The van der Waals surface area contributed by atoms with Crippen molar-refractivity contribution < 1.29 is 12.6 Å². The Kier molecular flexibility index (Phi) is 5.01. The molecule has 5 nitrogen and oxygen atoms in total. The Hall–Kier alpha value is -1.60. The number of thioether (sulfide) groups is 1. The lowest BCUT2D eigenvalue weighted by Crippen LogP contribution is -2.14. The highest BCUT2D eigenvalue weighted by atomic mass is 32.2. The lowest BCUT2D eigenvalue weighted by molar-refractivity contribution is 0.471. The smallest absolute Gasteiger partial charge is 0.340 e. The molecule has 0 atom stereocenters. The predicted molar refractivity (Wildman–Crippen MR) is 91.5 cm³/mol. The van der Waals surface area contributed by atoms with Gasteiger partial charge in [0.2, 0.25) is 5.88 Å². The van der Waals surface area contributed by atoms with Crippen LogP contribution in [0, 0.1) is 6.92 Å². The quantitative estimate of drug-likeness (QED) is 0.476. The first kappa shape index (κ1) is 17.7. The van der Waals surface area contributed by atoms with Crippen molar-refractivity contribution in [2.45, 2.75) is 43.2 Å². The summed E-state index contributed by atoms with van der Waals surface area (Å²) in [4.78, 5) is 8.34. The summed E-state index contributed by atoms with van der Waals surface area (Å²) in [7, 11) is -3.92. The van der Waals surface area contributed by atoms with Crippen LogP contribution in [0.1, 0.15) is 32.0 Å². The molecule has 0 saturated carbocycles. The molecule has 0 N–H and O–H groups in total. The Bertz CT molecular complexity index is 795. The van der Waals surface area contributed by atoms with Crippen LogP contribution in [-0.4, -0.2) is 24.6 Å². The molecule has 0 aliphatic rings. The lowest BCUT2D eigenvalue weighted by atomic mass is 9.87. The van der Waals surface area contributed by atoms with Gasteiger partial charge in [-0.2, -0.15) is 13.4 Å². The summed E-state index contributed by atoms with van der Waals surface area (Å²) < 4.78 is 29.9. The second-order valence-corrected chi connectivity index (χ2v) is 8.47. The number of hydrogen-bond acceptors (Lipinski definition) is 6. The monoisotopic (exact) mass is 352 g/mol. The number of rotatable bonds is 4. The molecule has 0 aliphatic heterocycles. The van der Waals surface area contributed by atoms with E-state index in [2.05, 4.69) is 30.7 Å². The van der Waals surface area contributed by atoms with Gasteiger partial charge in [0, 0.05) is 11.8 Å². The molecule has 23 heavy (non-hydrogen) atoms. The minimum absolute atomic E-state index is 0.0294. The molecular weight excluding hydrogens is 332 g/mol. The Morgan fingerprint density at radius 1 is 1.09 bits per heavy atom. The molecule has 2 rings (SSSR count). The van der Waals surface area contributed by atoms with E-state index in [1.54, 1.807) is 31.2 Å². The fourth-order valence-corrected chi connectivity index (χ4v) is 3.22. The molecule has 124 valence electrons. The SMILES string of the molecule is CSc1nc(C)cc(OS(=O)(=O)c2ccc(C(C)(C)C)cc2)n1. The summed E-state index contributed by atoms with van der Waals surface area (Å²) in [6.45, 7) is 7.97. The predicted octanol–water partition coefficient (Wildman–Crippen LogP) is 3.57. The molecule has 7 heteroatoms. The van der Waals surface area contributed by atoms with Gasteiger partial charge in [0.25, 0.3) is 0 Å². The van der Waals surface area contributed by atoms with Crippen LogP contribution < -0.4 is 4.18 Å². The minimum Gasteiger partial charge on any atom is -0.358 e. The van der Waals surface area contributed by atoms with Crippen LogP contribution in [0.4, 0.5) is 0 Å². The van der Waals surface area contributed by atoms with Gasteiger partial charge in [0.05, 0.1) is 0 Å². The van der Waals surface area contributed by atoms with Crippen molar-refractivity contribution in [3.8, 4) is 5.88 Å². The molecule has 0 radical (unpaired) electrons. The van der Waals surface area contributed by atoms with E-state index in [1.165, 1.54) is 17.8 Å². The molecule has 0 saturated heterocycles. The summed E-state index contributed by atoms with van der Waals surface area (Å²) in [5.74, 6) is 0.0294. The third kappa shape index (κ3) is 4.45. The molecule has 0 aliphatic carbocycles. The zero-order valence-electron chi connectivity index (χ0n) is 13.8. The van der Waals surface area contributed by atoms with Gasteiger partial charge in [-0.05, 0) is 36.3 Å². The molecule has 0 fully saturated rings. The highest BCUT2D eigenvalue weighted by Crippen LogP contribution is 2.25. The topological polar surface area (TPSA) is 69.2 Å². The van der Waals surface area contributed by atoms with E-state index in [1.807, 2.05) is 6.26 Å². The van der Waals surface area contributed by atoms with Crippen molar-refractivity contribution in [1.29, 1.82) is 0 Å². The van der Waals surface area contributed by atoms with Gasteiger partial charge >= 0.3 is 10.1 Å². The van der Waals surface area contributed by atoms with Crippen molar-refractivity contribution in [3.63, 3.8) is 0 Å². The van der Waals surface area contributed by atoms with Crippen LogP contribution in [0.5, 0.6) is 5.88 Å². The molecule has 2 aromatic rings. The second-order valence-electron chi connectivity index (χ2n) is 6.15. The van der Waals surface area contributed by atoms with Gasteiger partial charge < -0.3 is 4.18 Å².